The maximum atomic E-state index is 13.0. The molecule has 0 unspecified atom stereocenters. The second-order valence-electron chi connectivity index (χ2n) is 7.28. The second-order valence-corrected chi connectivity index (χ2v) is 7.28. The van der Waals surface area contributed by atoms with Gasteiger partial charge in [-0.2, -0.15) is 0 Å². The van der Waals surface area contributed by atoms with Gasteiger partial charge in [-0.05, 0) is 81.6 Å². The smallest absolute Gasteiger partial charge is 0.166 e. The maximum absolute atomic E-state index is 13.0. The van der Waals surface area contributed by atoms with E-state index in [2.05, 4.69) is 35.2 Å². The summed E-state index contributed by atoms with van der Waals surface area (Å²) < 4.78 is 13.0. The molecule has 1 fully saturated rings. The molecule has 1 aliphatic heterocycles. The SMILES string of the molecule is Cl.O=C(c1ccc(F)cc1)C1CCN(CCCCCc2ccccc2)CC1. The number of Topliss-reactive ketones (excluding diaryl/α,β-unsaturated/α-hetero) is 1. The number of hydrogen-bond acceptors (Lipinski definition) is 2. The fourth-order valence-electron chi connectivity index (χ4n) is 3.75. The summed E-state index contributed by atoms with van der Waals surface area (Å²) in [6.07, 6.45) is 6.71. The Morgan fingerprint density at radius 2 is 1.59 bits per heavy atom. The number of benzene rings is 2. The summed E-state index contributed by atoms with van der Waals surface area (Å²) >= 11 is 0. The van der Waals surface area contributed by atoms with Crippen molar-refractivity contribution in [3.8, 4) is 0 Å². The number of nitrogens with zero attached hydrogens (tertiary/aromatic N) is 1. The van der Waals surface area contributed by atoms with E-state index in [0.717, 1.165) is 38.9 Å². The molecule has 146 valence electrons. The highest BCUT2D eigenvalue weighted by atomic mass is 35.5. The summed E-state index contributed by atoms with van der Waals surface area (Å²) in [5.74, 6) is -0.0223. The number of halogens is 2. The number of unbranched alkanes of at least 4 members (excludes halogenated alkanes) is 2. The fourth-order valence-corrected chi connectivity index (χ4v) is 3.75. The van der Waals surface area contributed by atoms with Crippen molar-refractivity contribution in [1.29, 1.82) is 0 Å². The van der Waals surface area contributed by atoms with Gasteiger partial charge in [0.05, 0.1) is 0 Å². The van der Waals surface area contributed by atoms with Gasteiger partial charge in [0.25, 0.3) is 0 Å². The molecule has 4 heteroatoms. The van der Waals surface area contributed by atoms with Crippen LogP contribution in [0.3, 0.4) is 0 Å². The number of carbonyl (C=O) groups excluding carboxylic acids is 1. The molecule has 0 aliphatic carbocycles. The average Bonchev–Trinajstić information content (AvgIpc) is 2.69. The van der Waals surface area contributed by atoms with Crippen LogP contribution in [0, 0.1) is 11.7 Å². The second kappa shape index (κ2) is 11.2. The van der Waals surface area contributed by atoms with Crippen LogP contribution in [0.4, 0.5) is 4.39 Å². The lowest BCUT2D eigenvalue weighted by atomic mass is 9.89. The van der Waals surface area contributed by atoms with Crippen LogP contribution < -0.4 is 0 Å². The minimum atomic E-state index is -0.288. The molecule has 2 aromatic carbocycles. The van der Waals surface area contributed by atoms with Crippen molar-refractivity contribution in [3.63, 3.8) is 0 Å². The van der Waals surface area contributed by atoms with Gasteiger partial charge < -0.3 is 4.90 Å². The molecule has 1 saturated heterocycles. The van der Waals surface area contributed by atoms with Crippen molar-refractivity contribution >= 4 is 18.2 Å². The lowest BCUT2D eigenvalue weighted by Gasteiger charge is -2.31. The third-order valence-corrected chi connectivity index (χ3v) is 5.37. The number of likely N-dealkylation sites (tertiary alicyclic amines) is 1. The van der Waals surface area contributed by atoms with Crippen LogP contribution in [-0.4, -0.2) is 30.3 Å². The molecule has 27 heavy (non-hydrogen) atoms. The molecule has 0 aromatic heterocycles. The van der Waals surface area contributed by atoms with E-state index >= 15 is 0 Å². The van der Waals surface area contributed by atoms with Gasteiger partial charge in [0.15, 0.2) is 5.78 Å². The molecular weight excluding hydrogens is 361 g/mol. The predicted octanol–water partition coefficient (Wildman–Crippen LogP) is 5.56. The monoisotopic (exact) mass is 389 g/mol. The minimum absolute atomic E-state index is 0. The Bertz CT molecular complexity index is 681. The van der Waals surface area contributed by atoms with Crippen LogP contribution in [0.25, 0.3) is 0 Å². The van der Waals surface area contributed by atoms with E-state index in [0.29, 0.717) is 5.56 Å². The zero-order valence-corrected chi connectivity index (χ0v) is 16.6. The molecule has 2 aromatic rings. The summed E-state index contributed by atoms with van der Waals surface area (Å²) in [4.78, 5) is 15.0. The van der Waals surface area contributed by atoms with E-state index in [1.165, 1.54) is 37.0 Å². The summed E-state index contributed by atoms with van der Waals surface area (Å²) in [6.45, 7) is 3.12. The number of piperidine rings is 1. The lowest BCUT2D eigenvalue weighted by molar-refractivity contribution is 0.0839. The third-order valence-electron chi connectivity index (χ3n) is 5.37. The highest BCUT2D eigenvalue weighted by Crippen LogP contribution is 2.22. The van der Waals surface area contributed by atoms with Gasteiger partial charge in [0.1, 0.15) is 5.82 Å². The quantitative estimate of drug-likeness (QED) is 0.435. The highest BCUT2D eigenvalue weighted by molar-refractivity contribution is 5.97. The summed E-state index contributed by atoms with van der Waals surface area (Å²) in [7, 11) is 0. The Balaban J connectivity index is 0.00000261. The minimum Gasteiger partial charge on any atom is -0.303 e. The van der Waals surface area contributed by atoms with Gasteiger partial charge in [-0.1, -0.05) is 36.8 Å². The molecule has 3 rings (SSSR count). The molecule has 0 spiro atoms. The Morgan fingerprint density at radius 3 is 2.26 bits per heavy atom. The van der Waals surface area contributed by atoms with Crippen LogP contribution in [0.2, 0.25) is 0 Å². The summed E-state index contributed by atoms with van der Waals surface area (Å²) in [6, 6.07) is 16.6. The van der Waals surface area contributed by atoms with Gasteiger partial charge in [0.2, 0.25) is 0 Å². The zero-order chi connectivity index (χ0) is 18.2. The van der Waals surface area contributed by atoms with Crippen LogP contribution in [0.15, 0.2) is 54.6 Å². The van der Waals surface area contributed by atoms with Gasteiger partial charge in [-0.15, -0.1) is 12.4 Å². The predicted molar refractivity (Wildman–Crippen MR) is 111 cm³/mol. The zero-order valence-electron chi connectivity index (χ0n) is 15.8. The number of hydrogen-bond donors (Lipinski definition) is 0. The van der Waals surface area contributed by atoms with Crippen molar-refractivity contribution < 1.29 is 9.18 Å². The van der Waals surface area contributed by atoms with E-state index in [4.69, 9.17) is 0 Å². The van der Waals surface area contributed by atoms with Gasteiger partial charge in [-0.3, -0.25) is 4.79 Å². The number of ketones is 1. The van der Waals surface area contributed by atoms with Crippen LogP contribution >= 0.6 is 12.4 Å². The first-order valence-corrected chi connectivity index (χ1v) is 9.78. The van der Waals surface area contributed by atoms with E-state index in [9.17, 15) is 9.18 Å². The molecule has 0 amide bonds. The standard InChI is InChI=1S/C23H28FNO.ClH/c24-22-12-10-20(11-13-22)23(26)21-14-17-25(18-15-21)16-6-2-5-9-19-7-3-1-4-8-19;/h1,3-4,7-8,10-13,21H,2,5-6,9,14-18H2;1H. The highest BCUT2D eigenvalue weighted by Gasteiger charge is 2.25. The van der Waals surface area contributed by atoms with E-state index in [1.54, 1.807) is 12.1 Å². The van der Waals surface area contributed by atoms with Crippen molar-refractivity contribution in [2.24, 2.45) is 5.92 Å². The number of aryl methyl sites for hydroxylation is 1. The van der Waals surface area contributed by atoms with E-state index in [1.807, 2.05) is 0 Å². The molecule has 2 nitrogen and oxygen atoms in total. The van der Waals surface area contributed by atoms with Crippen LogP contribution in [0.5, 0.6) is 0 Å². The molecule has 0 atom stereocenters. The normalized spacial score (nSPS) is 15.3. The average molecular weight is 390 g/mol. The fraction of sp³-hybridized carbons (Fsp3) is 0.435. The van der Waals surface area contributed by atoms with Gasteiger partial charge in [-0.25, -0.2) is 4.39 Å². The molecular formula is C23H29ClFNO. The Morgan fingerprint density at radius 1 is 0.926 bits per heavy atom. The van der Waals surface area contributed by atoms with Crippen molar-refractivity contribution in [2.45, 2.75) is 38.5 Å². The van der Waals surface area contributed by atoms with E-state index < -0.39 is 0 Å². The van der Waals surface area contributed by atoms with Gasteiger partial charge in [0, 0.05) is 11.5 Å². The van der Waals surface area contributed by atoms with Crippen molar-refractivity contribution in [3.05, 3.63) is 71.5 Å². The summed E-state index contributed by atoms with van der Waals surface area (Å²) in [5.41, 5.74) is 2.07. The van der Waals surface area contributed by atoms with Gasteiger partial charge >= 0.3 is 0 Å². The topological polar surface area (TPSA) is 20.3 Å². The molecule has 1 aliphatic rings. The molecule has 0 saturated carbocycles. The van der Waals surface area contributed by atoms with Crippen molar-refractivity contribution in [2.75, 3.05) is 19.6 Å². The Kier molecular flexibility index (Phi) is 8.96. The first kappa shape index (κ1) is 21.6. The molecule has 0 radical (unpaired) electrons. The third kappa shape index (κ3) is 6.75. The maximum Gasteiger partial charge on any atom is 0.166 e. The van der Waals surface area contributed by atoms with E-state index in [-0.39, 0.29) is 29.9 Å². The first-order chi connectivity index (χ1) is 12.7. The molecule has 1 heterocycles. The first-order valence-electron chi connectivity index (χ1n) is 9.78. The van der Waals surface area contributed by atoms with Crippen LogP contribution in [-0.2, 0) is 6.42 Å². The molecule has 0 N–H and O–H groups in total. The van der Waals surface area contributed by atoms with Crippen LogP contribution in [0.1, 0.15) is 48.0 Å². The number of rotatable bonds is 8. The number of carbonyl (C=O) groups is 1. The molecule has 0 bridgehead atoms. The van der Waals surface area contributed by atoms with Crippen molar-refractivity contribution in [1.82, 2.24) is 4.90 Å². The Hall–Kier alpha value is -1.71. The summed E-state index contributed by atoms with van der Waals surface area (Å²) in [5, 5.41) is 0. The largest absolute Gasteiger partial charge is 0.303 e. The lowest BCUT2D eigenvalue weighted by Crippen LogP contribution is -2.36. The Labute approximate surface area is 168 Å².